The van der Waals surface area contributed by atoms with E-state index in [4.69, 9.17) is 0 Å². The van der Waals surface area contributed by atoms with Crippen molar-refractivity contribution < 1.29 is 4.79 Å². The Bertz CT molecular complexity index is 1220. The van der Waals surface area contributed by atoms with Gasteiger partial charge in [-0.1, -0.05) is 73.8 Å². The third kappa shape index (κ3) is 5.70. The molecule has 36 heavy (non-hydrogen) atoms. The van der Waals surface area contributed by atoms with E-state index in [0.29, 0.717) is 6.42 Å². The maximum Gasteiger partial charge on any atom is 0.164 e. The van der Waals surface area contributed by atoms with Gasteiger partial charge in [0.2, 0.25) is 0 Å². The molecule has 4 heteroatoms. The van der Waals surface area contributed by atoms with Gasteiger partial charge in [-0.3, -0.25) is 4.79 Å². The molecule has 0 spiro atoms. The van der Waals surface area contributed by atoms with Crippen LogP contribution in [0.15, 0.2) is 59.1 Å². The summed E-state index contributed by atoms with van der Waals surface area (Å²) in [5.74, 6) is 1.97. The third-order valence-electron chi connectivity index (χ3n) is 8.28. The first-order valence-corrected chi connectivity index (χ1v) is 14.4. The number of aromatic nitrogens is 1. The van der Waals surface area contributed by atoms with Crippen molar-refractivity contribution in [2.24, 2.45) is 17.3 Å². The highest BCUT2D eigenvalue weighted by atomic mass is 79.9. The number of benzene rings is 2. The average Bonchev–Trinajstić information content (AvgIpc) is 3.18. The number of carbonyl (C=O) groups is 1. The number of hydrogen-bond donors (Lipinski definition) is 1. The summed E-state index contributed by atoms with van der Waals surface area (Å²) in [6.07, 6.45) is 7.88. The monoisotopic (exact) mass is 546 g/mol. The number of carbonyl (C=O) groups excluding carboxylic acids is 1. The topological polar surface area (TPSA) is 34.0 Å². The molecule has 190 valence electrons. The second kappa shape index (κ2) is 10.7. The lowest BCUT2D eigenvalue weighted by Crippen LogP contribution is -2.25. The van der Waals surface area contributed by atoms with Crippen molar-refractivity contribution >= 4 is 21.7 Å². The lowest BCUT2D eigenvalue weighted by Gasteiger charge is -2.26. The number of nitrogens with one attached hydrogen (secondary N) is 1. The lowest BCUT2D eigenvalue weighted by molar-refractivity contribution is 0.0971. The highest BCUT2D eigenvalue weighted by Crippen LogP contribution is 2.39. The van der Waals surface area contributed by atoms with Crippen LogP contribution in [-0.4, -0.2) is 16.9 Å². The Kier molecular flexibility index (Phi) is 7.55. The first kappa shape index (κ1) is 25.5. The fourth-order valence-electron chi connectivity index (χ4n) is 5.98. The standard InChI is InChI=1S/C32H39BrN2O/c1-22-7-9-23(10-8-22)20-34-21-24-5-4-6-27(17-24)35-29(25-11-13-26(33)14-12-25)18-28-30(35)19-32(2,3)16-15-31(28)36/h4-6,11-14,17-18,22-23,34H,7-10,15-16,19-21H2,1-3H3. The van der Waals surface area contributed by atoms with E-state index in [1.54, 1.807) is 0 Å². The van der Waals surface area contributed by atoms with E-state index in [2.05, 4.69) is 101 Å². The number of Topliss-reactive ketones (excluding diaryl/α,β-unsaturated/α-hetero) is 1. The number of fused-ring (bicyclic) bond motifs is 1. The number of nitrogens with zero attached hydrogens (tertiary/aromatic N) is 1. The molecule has 1 saturated carbocycles. The quantitative estimate of drug-likeness (QED) is 0.315. The normalized spacial score (nSPS) is 21.7. The minimum Gasteiger partial charge on any atom is -0.313 e. The van der Waals surface area contributed by atoms with Crippen molar-refractivity contribution in [3.63, 3.8) is 0 Å². The summed E-state index contributed by atoms with van der Waals surface area (Å²) >= 11 is 3.57. The summed E-state index contributed by atoms with van der Waals surface area (Å²) < 4.78 is 3.42. The number of ketones is 1. The fraction of sp³-hybridized carbons (Fsp3) is 0.469. The zero-order valence-electron chi connectivity index (χ0n) is 21.9. The second-order valence-electron chi connectivity index (χ2n) is 11.9. The molecule has 5 rings (SSSR count). The molecule has 0 aliphatic heterocycles. The molecule has 1 aromatic heterocycles. The molecule has 2 aliphatic carbocycles. The summed E-state index contributed by atoms with van der Waals surface area (Å²) in [6, 6.07) is 19.5. The van der Waals surface area contributed by atoms with E-state index in [1.807, 2.05) is 0 Å². The molecule has 3 nitrogen and oxygen atoms in total. The second-order valence-corrected chi connectivity index (χ2v) is 12.8. The van der Waals surface area contributed by atoms with Crippen LogP contribution in [0.1, 0.15) is 80.9 Å². The molecule has 1 N–H and O–H groups in total. The zero-order chi connectivity index (χ0) is 25.3. The molecular formula is C32H39BrN2O. The van der Waals surface area contributed by atoms with Crippen LogP contribution in [0, 0.1) is 17.3 Å². The fourth-order valence-corrected chi connectivity index (χ4v) is 6.25. The predicted octanol–water partition coefficient (Wildman–Crippen LogP) is 8.37. The number of halogens is 1. The molecule has 0 amide bonds. The van der Waals surface area contributed by atoms with Gasteiger partial charge in [-0.2, -0.15) is 0 Å². The Morgan fingerprint density at radius 2 is 1.78 bits per heavy atom. The summed E-state index contributed by atoms with van der Waals surface area (Å²) in [4.78, 5) is 13.2. The number of rotatable bonds is 6. The van der Waals surface area contributed by atoms with E-state index in [9.17, 15) is 4.79 Å². The minimum atomic E-state index is 0.0880. The van der Waals surface area contributed by atoms with Gasteiger partial charge in [0, 0.05) is 34.4 Å². The van der Waals surface area contributed by atoms with Crippen LogP contribution in [0.2, 0.25) is 0 Å². The Hall–Kier alpha value is -2.17. The smallest absolute Gasteiger partial charge is 0.164 e. The van der Waals surface area contributed by atoms with Crippen LogP contribution in [0.25, 0.3) is 16.9 Å². The van der Waals surface area contributed by atoms with Crippen LogP contribution in [0.4, 0.5) is 0 Å². The largest absolute Gasteiger partial charge is 0.313 e. The molecule has 2 aromatic carbocycles. The first-order chi connectivity index (χ1) is 17.3. The summed E-state index contributed by atoms with van der Waals surface area (Å²) in [5.41, 5.74) is 6.80. The highest BCUT2D eigenvalue weighted by Gasteiger charge is 2.32. The van der Waals surface area contributed by atoms with Crippen molar-refractivity contribution in [1.82, 2.24) is 9.88 Å². The van der Waals surface area contributed by atoms with E-state index < -0.39 is 0 Å². The average molecular weight is 548 g/mol. The zero-order valence-corrected chi connectivity index (χ0v) is 23.5. The molecule has 1 heterocycles. The van der Waals surface area contributed by atoms with Crippen LogP contribution in [-0.2, 0) is 13.0 Å². The molecule has 0 unspecified atom stereocenters. The van der Waals surface area contributed by atoms with Gasteiger partial charge in [-0.25, -0.2) is 0 Å². The predicted molar refractivity (Wildman–Crippen MR) is 153 cm³/mol. The Labute approximate surface area is 224 Å². The van der Waals surface area contributed by atoms with E-state index in [-0.39, 0.29) is 11.2 Å². The molecule has 0 atom stereocenters. The highest BCUT2D eigenvalue weighted by molar-refractivity contribution is 9.10. The van der Waals surface area contributed by atoms with Crippen LogP contribution < -0.4 is 5.32 Å². The van der Waals surface area contributed by atoms with Gasteiger partial charge < -0.3 is 9.88 Å². The van der Waals surface area contributed by atoms with Gasteiger partial charge in [0.1, 0.15) is 0 Å². The summed E-state index contributed by atoms with van der Waals surface area (Å²) in [5, 5.41) is 3.74. The van der Waals surface area contributed by atoms with E-state index >= 15 is 0 Å². The van der Waals surface area contributed by atoms with Gasteiger partial charge in [-0.05, 0) is 90.9 Å². The van der Waals surface area contributed by atoms with Gasteiger partial charge in [0.25, 0.3) is 0 Å². The Balaban J connectivity index is 1.47. The van der Waals surface area contributed by atoms with Crippen molar-refractivity contribution in [2.75, 3.05) is 6.54 Å². The SMILES string of the molecule is CC1CCC(CNCc2cccc(-n3c(-c4ccc(Br)cc4)cc4c3CC(C)(C)CCC4=O)c2)CC1. The maximum absolute atomic E-state index is 13.2. The summed E-state index contributed by atoms with van der Waals surface area (Å²) in [7, 11) is 0. The van der Waals surface area contributed by atoms with Crippen molar-refractivity contribution in [1.29, 1.82) is 0 Å². The van der Waals surface area contributed by atoms with Gasteiger partial charge >= 0.3 is 0 Å². The lowest BCUT2D eigenvalue weighted by atomic mass is 9.83. The molecule has 3 aromatic rings. The van der Waals surface area contributed by atoms with Gasteiger partial charge in [-0.15, -0.1) is 0 Å². The van der Waals surface area contributed by atoms with Gasteiger partial charge in [0.05, 0.1) is 5.69 Å². The molecule has 1 fully saturated rings. The molecule has 0 bridgehead atoms. The first-order valence-electron chi connectivity index (χ1n) is 13.6. The van der Waals surface area contributed by atoms with E-state index in [0.717, 1.165) is 70.4 Å². The molecule has 0 radical (unpaired) electrons. The number of hydrogen-bond acceptors (Lipinski definition) is 2. The van der Waals surface area contributed by atoms with Crippen molar-refractivity contribution in [3.05, 3.63) is 75.9 Å². The summed E-state index contributed by atoms with van der Waals surface area (Å²) in [6.45, 7) is 8.94. The van der Waals surface area contributed by atoms with Gasteiger partial charge in [0.15, 0.2) is 5.78 Å². The molecular weight excluding hydrogens is 508 g/mol. The minimum absolute atomic E-state index is 0.0880. The Morgan fingerprint density at radius 1 is 1.03 bits per heavy atom. The Morgan fingerprint density at radius 3 is 2.53 bits per heavy atom. The maximum atomic E-state index is 13.2. The molecule has 2 aliphatic rings. The van der Waals surface area contributed by atoms with Crippen LogP contribution in [0.3, 0.4) is 0 Å². The van der Waals surface area contributed by atoms with Crippen molar-refractivity contribution in [2.45, 2.75) is 72.3 Å². The van der Waals surface area contributed by atoms with E-state index in [1.165, 1.54) is 31.2 Å². The van der Waals surface area contributed by atoms with Crippen LogP contribution >= 0.6 is 15.9 Å². The van der Waals surface area contributed by atoms with Crippen LogP contribution in [0.5, 0.6) is 0 Å². The molecule has 0 saturated heterocycles. The third-order valence-corrected chi connectivity index (χ3v) is 8.81. The van der Waals surface area contributed by atoms with Crippen molar-refractivity contribution in [3.8, 4) is 16.9 Å².